The van der Waals surface area contributed by atoms with Crippen LogP contribution in [0, 0.1) is 0 Å². The Morgan fingerprint density at radius 1 is 0.688 bits per heavy atom. The fraction of sp³-hybridized carbons (Fsp3) is 0.217. The molecule has 0 bridgehead atoms. The zero-order chi connectivity index (χ0) is 23.1. The monoisotopic (exact) mass is 708 g/mol. The first-order valence-corrected chi connectivity index (χ1v) is 14.2. The Morgan fingerprint density at radius 3 is 1.59 bits per heavy atom. The van der Waals surface area contributed by atoms with E-state index in [2.05, 4.69) is 100 Å². The van der Waals surface area contributed by atoms with Crippen LogP contribution in [-0.2, 0) is 15.6 Å². The summed E-state index contributed by atoms with van der Waals surface area (Å²) in [6.07, 6.45) is 0.800. The molecule has 0 amide bonds. The van der Waals surface area contributed by atoms with Crippen molar-refractivity contribution in [3.05, 3.63) is 78.1 Å². The largest absolute Gasteiger partial charge is 0.466 e. The van der Waals surface area contributed by atoms with Gasteiger partial charge in [0.05, 0.1) is 8.95 Å². The van der Waals surface area contributed by atoms with E-state index in [1.807, 2.05) is 18.2 Å². The molecule has 170 valence electrons. The summed E-state index contributed by atoms with van der Waals surface area (Å²) in [5.74, 6) is 1.51. The maximum atomic E-state index is 6.03. The smallest absolute Gasteiger partial charge is 0.188 e. The second-order valence-electron chi connectivity index (χ2n) is 6.65. The van der Waals surface area contributed by atoms with E-state index in [4.69, 9.17) is 18.9 Å². The molecule has 0 heterocycles. The summed E-state index contributed by atoms with van der Waals surface area (Å²) < 4.78 is 26.1. The Balaban J connectivity index is 2.23. The third-order valence-corrected chi connectivity index (χ3v) is 8.99. The first kappa shape index (κ1) is 26.1. The van der Waals surface area contributed by atoms with Gasteiger partial charge in [-0.15, -0.1) is 0 Å². The number of hydrogen-bond acceptors (Lipinski definition) is 4. The van der Waals surface area contributed by atoms with Gasteiger partial charge < -0.3 is 18.9 Å². The van der Waals surface area contributed by atoms with Crippen molar-refractivity contribution in [2.75, 3.05) is 27.8 Å². The van der Waals surface area contributed by atoms with Crippen molar-refractivity contribution < 1.29 is 18.9 Å². The predicted octanol–water partition coefficient (Wildman–Crippen LogP) is 7.33. The predicted molar refractivity (Wildman–Crippen MR) is 145 cm³/mol. The van der Waals surface area contributed by atoms with Crippen molar-refractivity contribution >= 4 is 82.3 Å². The molecular weight excluding hydrogens is 691 g/mol. The minimum Gasteiger partial charge on any atom is -0.466 e. The van der Waals surface area contributed by atoms with Gasteiger partial charge in [-0.3, -0.25) is 0 Å². The number of hydrogen-bond donors (Lipinski definition) is 0. The van der Waals surface area contributed by atoms with Crippen LogP contribution in [0.5, 0.6) is 11.5 Å². The third kappa shape index (κ3) is 6.78. The Labute approximate surface area is 223 Å². The zero-order valence-corrected chi connectivity index (χ0v) is 24.6. The lowest BCUT2D eigenvalue weighted by Crippen LogP contribution is -2.20. The number of ether oxygens (including phenoxy) is 4. The molecule has 3 aromatic rings. The fourth-order valence-corrected chi connectivity index (χ4v) is 9.05. The molecule has 0 unspecified atom stereocenters. The van der Waals surface area contributed by atoms with Gasteiger partial charge in [-0.05, 0) is 69.6 Å². The zero-order valence-electron chi connectivity index (χ0n) is 17.4. The number of halogens is 4. The van der Waals surface area contributed by atoms with E-state index in [0.29, 0.717) is 0 Å². The van der Waals surface area contributed by atoms with Crippen molar-refractivity contribution in [2.24, 2.45) is 0 Å². The number of benzene rings is 3. The number of rotatable bonds is 10. The summed E-state index contributed by atoms with van der Waals surface area (Å²) in [5, 5.41) is 2.13. The van der Waals surface area contributed by atoms with E-state index in [-0.39, 0.29) is 13.6 Å². The van der Waals surface area contributed by atoms with Crippen LogP contribution >= 0.6 is 71.6 Å². The van der Waals surface area contributed by atoms with Gasteiger partial charge in [-0.25, -0.2) is 0 Å². The van der Waals surface area contributed by atoms with Crippen LogP contribution < -0.4 is 20.1 Å². The molecule has 0 aliphatic rings. The normalized spacial score (nSPS) is 11.1. The molecule has 0 atom stereocenters. The molecule has 32 heavy (non-hydrogen) atoms. The average molecular weight is 712 g/mol. The maximum Gasteiger partial charge on any atom is 0.188 e. The molecule has 0 fully saturated rings. The molecule has 4 nitrogen and oxygen atoms in total. The first-order chi connectivity index (χ1) is 15.4. The van der Waals surface area contributed by atoms with Crippen LogP contribution in [0.15, 0.2) is 72.5 Å². The van der Waals surface area contributed by atoms with Gasteiger partial charge in [0.1, 0.15) is 11.5 Å². The van der Waals surface area contributed by atoms with Crippen LogP contribution in [0.3, 0.4) is 0 Å². The van der Waals surface area contributed by atoms with Gasteiger partial charge >= 0.3 is 0 Å². The second kappa shape index (κ2) is 12.8. The standard InChI is InChI=1S/C23H21Br4O4P/c1-28-13-30-22-18(26)8-16(24)10-20(22)32(12-15-6-4-3-5-7-15)21-11-17(25)9-19(27)23(21)31-14-29-2/h3-11H,12-14H2,1-2H3. The molecule has 0 N–H and O–H groups in total. The highest BCUT2D eigenvalue weighted by Gasteiger charge is 2.26. The minimum absolute atomic E-state index is 0.150. The summed E-state index contributed by atoms with van der Waals surface area (Å²) in [5.41, 5.74) is 1.22. The summed E-state index contributed by atoms with van der Waals surface area (Å²) in [6, 6.07) is 18.6. The van der Waals surface area contributed by atoms with Gasteiger partial charge in [0, 0.05) is 39.9 Å². The van der Waals surface area contributed by atoms with E-state index in [9.17, 15) is 0 Å². The third-order valence-electron chi connectivity index (χ3n) is 4.38. The highest BCUT2D eigenvalue weighted by molar-refractivity contribution is 9.11. The SMILES string of the molecule is COCOc1c(Br)cc(Br)cc1P(Cc1ccccc1)c1cc(Br)cc(Br)c1OCOC. The molecule has 0 aromatic heterocycles. The Morgan fingerprint density at radius 2 is 1.16 bits per heavy atom. The molecule has 0 saturated carbocycles. The lowest BCUT2D eigenvalue weighted by molar-refractivity contribution is 0.0513. The molecule has 0 radical (unpaired) electrons. The van der Waals surface area contributed by atoms with Crippen LogP contribution in [0.1, 0.15) is 5.56 Å². The molecule has 3 aromatic carbocycles. The average Bonchev–Trinajstić information content (AvgIpc) is 2.76. The highest BCUT2D eigenvalue weighted by Crippen LogP contribution is 2.48. The summed E-state index contributed by atoms with van der Waals surface area (Å²) in [4.78, 5) is 0. The van der Waals surface area contributed by atoms with E-state index in [1.165, 1.54) is 5.56 Å². The van der Waals surface area contributed by atoms with Crippen molar-refractivity contribution in [2.45, 2.75) is 6.16 Å². The Bertz CT molecular complexity index is 986. The minimum atomic E-state index is -0.948. The molecule has 9 heteroatoms. The van der Waals surface area contributed by atoms with Gasteiger partial charge in [0.15, 0.2) is 13.6 Å². The summed E-state index contributed by atoms with van der Waals surface area (Å²) in [6.45, 7) is 0.300. The maximum absolute atomic E-state index is 6.03. The van der Waals surface area contributed by atoms with Crippen molar-refractivity contribution in [1.29, 1.82) is 0 Å². The summed E-state index contributed by atoms with van der Waals surface area (Å²) in [7, 11) is 2.28. The Hall–Kier alpha value is -0.470. The van der Waals surface area contributed by atoms with Crippen molar-refractivity contribution in [3.8, 4) is 11.5 Å². The topological polar surface area (TPSA) is 36.9 Å². The second-order valence-corrected chi connectivity index (χ2v) is 12.3. The molecule has 0 aliphatic heterocycles. The fourth-order valence-electron chi connectivity index (χ4n) is 3.08. The van der Waals surface area contributed by atoms with Crippen LogP contribution in [0.4, 0.5) is 0 Å². The molecule has 3 rings (SSSR count). The highest BCUT2D eigenvalue weighted by atomic mass is 79.9. The van der Waals surface area contributed by atoms with Gasteiger partial charge in [-0.2, -0.15) is 0 Å². The van der Waals surface area contributed by atoms with Crippen LogP contribution in [-0.4, -0.2) is 27.8 Å². The first-order valence-electron chi connectivity index (χ1n) is 9.47. The molecule has 0 aliphatic carbocycles. The number of methoxy groups -OCH3 is 2. The Kier molecular flexibility index (Phi) is 10.5. The lowest BCUT2D eigenvalue weighted by Gasteiger charge is -2.25. The van der Waals surface area contributed by atoms with E-state index < -0.39 is 7.92 Å². The van der Waals surface area contributed by atoms with Gasteiger partial charge in [0.2, 0.25) is 0 Å². The van der Waals surface area contributed by atoms with Crippen molar-refractivity contribution in [3.63, 3.8) is 0 Å². The quantitative estimate of drug-likeness (QED) is 0.163. The van der Waals surface area contributed by atoms with E-state index >= 15 is 0 Å². The molecular formula is C23H21Br4O4P. The molecule has 0 saturated heterocycles. The molecule has 0 spiro atoms. The van der Waals surface area contributed by atoms with Crippen molar-refractivity contribution in [1.82, 2.24) is 0 Å². The van der Waals surface area contributed by atoms with Crippen LogP contribution in [0.2, 0.25) is 0 Å². The van der Waals surface area contributed by atoms with E-state index in [0.717, 1.165) is 46.2 Å². The van der Waals surface area contributed by atoms with Crippen LogP contribution in [0.25, 0.3) is 0 Å². The lowest BCUT2D eigenvalue weighted by atomic mass is 10.2. The van der Waals surface area contributed by atoms with Gasteiger partial charge in [0.25, 0.3) is 0 Å². The van der Waals surface area contributed by atoms with Gasteiger partial charge in [-0.1, -0.05) is 62.2 Å². The van der Waals surface area contributed by atoms with E-state index in [1.54, 1.807) is 14.2 Å². The summed E-state index contributed by atoms with van der Waals surface area (Å²) >= 11 is 14.7.